The molecule has 9 heteroatoms. The number of rotatable bonds is 7. The summed E-state index contributed by atoms with van der Waals surface area (Å²) < 4.78 is 56.7. The highest BCUT2D eigenvalue weighted by Gasteiger charge is 2.32. The average Bonchev–Trinajstić information content (AvgIpc) is 2.68. The minimum absolute atomic E-state index is 0.0651. The molecule has 1 saturated heterocycles. The van der Waals surface area contributed by atoms with Crippen LogP contribution in [0.25, 0.3) is 6.08 Å². The number of aliphatic hydroxyl groups excluding tert-OH is 1. The first kappa shape index (κ1) is 21.2. The van der Waals surface area contributed by atoms with Crippen molar-refractivity contribution in [2.45, 2.75) is 38.8 Å². The SMILES string of the molecule is CC[C@@H](CO)N1CCN(S(=O)(=O)C2=Cc3ccc(OC(F)F)cc3CC2)CC1. The van der Waals surface area contributed by atoms with Crippen molar-refractivity contribution in [3.8, 4) is 5.75 Å². The van der Waals surface area contributed by atoms with Crippen molar-refractivity contribution in [3.63, 3.8) is 0 Å². The number of alkyl halides is 2. The second-order valence-electron chi connectivity index (χ2n) is 7.03. The van der Waals surface area contributed by atoms with Gasteiger partial charge in [0.25, 0.3) is 0 Å². The van der Waals surface area contributed by atoms with Gasteiger partial charge in [-0.2, -0.15) is 13.1 Å². The highest BCUT2D eigenvalue weighted by Crippen LogP contribution is 2.32. The Kier molecular flexibility index (Phi) is 6.69. The quantitative estimate of drug-likeness (QED) is 0.739. The molecule has 1 aliphatic heterocycles. The summed E-state index contributed by atoms with van der Waals surface area (Å²) >= 11 is 0. The number of fused-ring (bicyclic) bond motifs is 1. The molecule has 3 rings (SSSR count). The van der Waals surface area contributed by atoms with Crippen LogP contribution in [-0.2, 0) is 16.4 Å². The van der Waals surface area contributed by atoms with Crippen molar-refractivity contribution in [2.75, 3.05) is 32.8 Å². The lowest BCUT2D eigenvalue weighted by molar-refractivity contribution is -0.0498. The second kappa shape index (κ2) is 8.86. The molecule has 1 aromatic rings. The Balaban J connectivity index is 1.72. The van der Waals surface area contributed by atoms with Crippen LogP contribution in [-0.4, -0.2) is 68.2 Å². The normalized spacial score (nSPS) is 20.0. The van der Waals surface area contributed by atoms with Gasteiger partial charge < -0.3 is 9.84 Å². The van der Waals surface area contributed by atoms with E-state index in [9.17, 15) is 22.3 Å². The number of aryl methyl sites for hydroxylation is 1. The first-order valence-corrected chi connectivity index (χ1v) is 10.9. The number of sulfonamides is 1. The summed E-state index contributed by atoms with van der Waals surface area (Å²) in [6.45, 7) is 1.17. The Hall–Kier alpha value is -1.55. The van der Waals surface area contributed by atoms with E-state index in [-0.39, 0.29) is 18.4 Å². The molecule has 0 unspecified atom stereocenters. The Morgan fingerprint density at radius 1 is 1.18 bits per heavy atom. The van der Waals surface area contributed by atoms with E-state index < -0.39 is 16.6 Å². The second-order valence-corrected chi connectivity index (χ2v) is 9.03. The van der Waals surface area contributed by atoms with E-state index in [2.05, 4.69) is 9.64 Å². The van der Waals surface area contributed by atoms with Gasteiger partial charge in [0.05, 0.1) is 11.5 Å². The Morgan fingerprint density at radius 3 is 2.50 bits per heavy atom. The maximum absolute atomic E-state index is 13.0. The molecule has 1 fully saturated rings. The lowest BCUT2D eigenvalue weighted by atomic mass is 9.97. The molecular weight excluding hydrogens is 390 g/mol. The van der Waals surface area contributed by atoms with Crippen LogP contribution in [0.15, 0.2) is 23.1 Å². The lowest BCUT2D eigenvalue weighted by Gasteiger charge is -2.38. The van der Waals surface area contributed by atoms with Crippen molar-refractivity contribution in [2.24, 2.45) is 0 Å². The minimum atomic E-state index is -3.57. The van der Waals surface area contributed by atoms with Crippen LogP contribution in [0.1, 0.15) is 30.9 Å². The summed E-state index contributed by atoms with van der Waals surface area (Å²) in [4.78, 5) is 2.48. The molecular formula is C19H26F2N2O4S. The van der Waals surface area contributed by atoms with E-state index in [1.807, 2.05) is 6.92 Å². The molecule has 0 bridgehead atoms. The molecule has 1 atom stereocenters. The molecule has 1 aromatic carbocycles. The van der Waals surface area contributed by atoms with Crippen molar-refractivity contribution >= 4 is 16.1 Å². The monoisotopic (exact) mass is 416 g/mol. The summed E-state index contributed by atoms with van der Waals surface area (Å²) in [6.07, 6.45) is 3.25. The summed E-state index contributed by atoms with van der Waals surface area (Å²) in [7, 11) is -3.57. The van der Waals surface area contributed by atoms with Crippen LogP contribution >= 0.6 is 0 Å². The maximum atomic E-state index is 13.0. The van der Waals surface area contributed by atoms with Gasteiger partial charge in [-0.1, -0.05) is 13.0 Å². The number of halogens is 2. The van der Waals surface area contributed by atoms with Gasteiger partial charge in [-0.3, -0.25) is 4.90 Å². The zero-order valence-corrected chi connectivity index (χ0v) is 16.7. The van der Waals surface area contributed by atoms with Crippen LogP contribution in [0.5, 0.6) is 5.75 Å². The number of aliphatic hydroxyl groups is 1. The molecule has 0 saturated carbocycles. The molecule has 0 spiro atoms. The molecule has 2 aliphatic rings. The fourth-order valence-electron chi connectivity index (χ4n) is 3.80. The zero-order chi connectivity index (χ0) is 20.3. The highest BCUT2D eigenvalue weighted by molar-refractivity contribution is 7.93. The van der Waals surface area contributed by atoms with E-state index in [0.717, 1.165) is 17.5 Å². The van der Waals surface area contributed by atoms with E-state index in [1.165, 1.54) is 10.4 Å². The van der Waals surface area contributed by atoms with Crippen molar-refractivity contribution in [1.29, 1.82) is 0 Å². The third-order valence-electron chi connectivity index (χ3n) is 5.44. The van der Waals surface area contributed by atoms with Gasteiger partial charge in [-0.15, -0.1) is 0 Å². The standard InChI is InChI=1S/C19H26F2N2O4S/c1-2-16(13-24)22-7-9-23(10-8-22)28(25,26)18-6-4-14-11-17(27-19(20)21)5-3-15(14)12-18/h3,5,11-12,16,19,24H,2,4,6-10,13H2,1H3/t16-/m0/s1. The van der Waals surface area contributed by atoms with Gasteiger partial charge in [0.2, 0.25) is 10.0 Å². The van der Waals surface area contributed by atoms with Gasteiger partial charge in [0.1, 0.15) is 5.75 Å². The van der Waals surface area contributed by atoms with E-state index in [1.54, 1.807) is 18.2 Å². The summed E-state index contributed by atoms with van der Waals surface area (Å²) in [5.74, 6) is 0.0824. The lowest BCUT2D eigenvalue weighted by Crippen LogP contribution is -2.52. The predicted octanol–water partition coefficient (Wildman–Crippen LogP) is 2.29. The predicted molar refractivity (Wildman–Crippen MR) is 103 cm³/mol. The fraction of sp³-hybridized carbons (Fsp3) is 0.579. The first-order valence-electron chi connectivity index (χ1n) is 9.48. The molecule has 156 valence electrons. The van der Waals surface area contributed by atoms with Gasteiger partial charge in [-0.05, 0) is 48.6 Å². The van der Waals surface area contributed by atoms with Crippen molar-refractivity contribution in [1.82, 2.24) is 9.21 Å². The molecule has 0 aromatic heterocycles. The fourth-order valence-corrected chi connectivity index (χ4v) is 5.41. The number of hydrogen-bond acceptors (Lipinski definition) is 5. The van der Waals surface area contributed by atoms with E-state index >= 15 is 0 Å². The largest absolute Gasteiger partial charge is 0.435 e. The minimum Gasteiger partial charge on any atom is -0.435 e. The third-order valence-corrected chi connectivity index (χ3v) is 7.47. The molecule has 6 nitrogen and oxygen atoms in total. The van der Waals surface area contributed by atoms with Crippen LogP contribution < -0.4 is 4.74 Å². The molecule has 28 heavy (non-hydrogen) atoms. The molecule has 1 aliphatic carbocycles. The molecule has 1 heterocycles. The summed E-state index contributed by atoms with van der Waals surface area (Å²) in [6, 6.07) is 4.65. The number of hydrogen-bond donors (Lipinski definition) is 1. The maximum Gasteiger partial charge on any atom is 0.387 e. The van der Waals surface area contributed by atoms with Crippen LogP contribution in [0.4, 0.5) is 8.78 Å². The topological polar surface area (TPSA) is 70.1 Å². The smallest absolute Gasteiger partial charge is 0.387 e. The number of ether oxygens (including phenoxy) is 1. The number of nitrogens with zero attached hydrogens (tertiary/aromatic N) is 2. The van der Waals surface area contributed by atoms with Crippen molar-refractivity contribution < 1.29 is 27.0 Å². The molecule has 0 amide bonds. The number of allylic oxidation sites excluding steroid dienone is 1. The third kappa shape index (κ3) is 4.53. The van der Waals surface area contributed by atoms with Crippen LogP contribution in [0.3, 0.4) is 0 Å². The van der Waals surface area contributed by atoms with Gasteiger partial charge in [0.15, 0.2) is 0 Å². The van der Waals surface area contributed by atoms with Crippen molar-refractivity contribution in [3.05, 3.63) is 34.2 Å². The van der Waals surface area contributed by atoms with Gasteiger partial charge in [-0.25, -0.2) is 8.42 Å². The number of piperazine rings is 1. The van der Waals surface area contributed by atoms with E-state index in [4.69, 9.17) is 0 Å². The van der Waals surface area contributed by atoms with Crippen LogP contribution in [0, 0.1) is 0 Å². The van der Waals surface area contributed by atoms with Gasteiger partial charge in [0, 0.05) is 32.2 Å². The zero-order valence-electron chi connectivity index (χ0n) is 15.9. The summed E-state index contributed by atoms with van der Waals surface area (Å²) in [5.41, 5.74) is 1.52. The summed E-state index contributed by atoms with van der Waals surface area (Å²) in [5, 5.41) is 9.44. The molecule has 1 N–H and O–H groups in total. The van der Waals surface area contributed by atoms with Crippen LogP contribution in [0.2, 0.25) is 0 Å². The average molecular weight is 416 g/mol. The Labute approximate surface area is 164 Å². The number of benzene rings is 1. The highest BCUT2D eigenvalue weighted by atomic mass is 32.2. The Morgan fingerprint density at radius 2 is 1.89 bits per heavy atom. The first-order chi connectivity index (χ1) is 13.3. The molecule has 0 radical (unpaired) electrons. The van der Waals surface area contributed by atoms with Gasteiger partial charge >= 0.3 is 6.61 Å². The Bertz CT molecular complexity index is 817. The van der Waals surface area contributed by atoms with E-state index in [0.29, 0.717) is 43.9 Å².